The first kappa shape index (κ1) is 12.1. The van der Waals surface area contributed by atoms with Gasteiger partial charge in [0.15, 0.2) is 0 Å². The van der Waals surface area contributed by atoms with E-state index in [-0.39, 0.29) is 5.82 Å². The first-order chi connectivity index (χ1) is 8.08. The van der Waals surface area contributed by atoms with E-state index in [1.807, 2.05) is 17.7 Å². The maximum atomic E-state index is 13.0. The molecule has 17 heavy (non-hydrogen) atoms. The van der Waals surface area contributed by atoms with Gasteiger partial charge in [-0.25, -0.2) is 9.37 Å². The Hall–Kier alpha value is -1.36. The molecule has 5 heteroatoms. The van der Waals surface area contributed by atoms with Crippen LogP contribution in [0.1, 0.15) is 11.3 Å². The average molecular weight is 298 g/mol. The van der Waals surface area contributed by atoms with Gasteiger partial charge in [0.1, 0.15) is 10.4 Å². The highest BCUT2D eigenvalue weighted by Gasteiger charge is 2.10. The van der Waals surface area contributed by atoms with Gasteiger partial charge < -0.3 is 10.3 Å². The molecule has 2 rings (SSSR count). The molecule has 0 aliphatic rings. The smallest absolute Gasteiger partial charge is 0.201 e. The molecule has 0 bridgehead atoms. The molecule has 90 valence electrons. The molecule has 0 saturated heterocycles. The number of nitrogen functional groups attached to an aromatic ring is 1. The van der Waals surface area contributed by atoms with Gasteiger partial charge in [-0.2, -0.15) is 0 Å². The second kappa shape index (κ2) is 4.87. The Morgan fingerprint density at radius 1 is 1.41 bits per heavy atom. The fourth-order valence-corrected chi connectivity index (χ4v) is 2.39. The van der Waals surface area contributed by atoms with Gasteiger partial charge in [-0.05, 0) is 46.5 Å². The van der Waals surface area contributed by atoms with Gasteiger partial charge >= 0.3 is 0 Å². The van der Waals surface area contributed by atoms with Crippen molar-refractivity contribution in [1.82, 2.24) is 9.55 Å². The Kier molecular flexibility index (Phi) is 3.47. The third kappa shape index (κ3) is 2.66. The number of aryl methyl sites for hydroxylation is 1. The van der Waals surface area contributed by atoms with Crippen LogP contribution in [0.5, 0.6) is 0 Å². The zero-order valence-corrected chi connectivity index (χ0v) is 11.0. The standard InChI is InChI=1S/C12H13BrFN3/c1-17-10(11(13)16-12(17)15)6-5-8-3-2-4-9(14)7-8/h2-4,7H,5-6H2,1H3,(H2,15,16). The molecule has 1 aromatic carbocycles. The van der Waals surface area contributed by atoms with Crippen LogP contribution in [-0.2, 0) is 19.9 Å². The summed E-state index contributed by atoms with van der Waals surface area (Å²) in [5.41, 5.74) is 7.69. The van der Waals surface area contributed by atoms with Crippen LogP contribution in [0.2, 0.25) is 0 Å². The topological polar surface area (TPSA) is 43.8 Å². The summed E-state index contributed by atoms with van der Waals surface area (Å²) in [5.74, 6) is 0.275. The summed E-state index contributed by atoms with van der Waals surface area (Å²) in [4.78, 5) is 4.12. The molecule has 0 unspecified atom stereocenters. The van der Waals surface area contributed by atoms with E-state index in [0.29, 0.717) is 5.95 Å². The number of benzene rings is 1. The zero-order chi connectivity index (χ0) is 12.4. The molecule has 1 heterocycles. The van der Waals surface area contributed by atoms with Gasteiger partial charge in [-0.3, -0.25) is 0 Å². The van der Waals surface area contributed by atoms with E-state index in [4.69, 9.17) is 5.73 Å². The van der Waals surface area contributed by atoms with Gasteiger partial charge in [0.25, 0.3) is 0 Å². The van der Waals surface area contributed by atoms with E-state index in [1.165, 1.54) is 6.07 Å². The van der Waals surface area contributed by atoms with Crippen molar-refractivity contribution in [3.63, 3.8) is 0 Å². The SMILES string of the molecule is Cn1c(N)nc(Br)c1CCc1cccc(F)c1. The molecule has 0 spiro atoms. The maximum absolute atomic E-state index is 13.0. The van der Waals surface area contributed by atoms with Crippen molar-refractivity contribution in [1.29, 1.82) is 0 Å². The van der Waals surface area contributed by atoms with Crippen LogP contribution < -0.4 is 5.73 Å². The lowest BCUT2D eigenvalue weighted by molar-refractivity contribution is 0.625. The molecule has 0 amide bonds. The third-order valence-electron chi connectivity index (χ3n) is 2.74. The van der Waals surface area contributed by atoms with E-state index < -0.39 is 0 Å². The molecule has 0 radical (unpaired) electrons. The third-order valence-corrected chi connectivity index (χ3v) is 3.37. The Labute approximate surface area is 108 Å². The molecule has 0 saturated carbocycles. The van der Waals surface area contributed by atoms with Crippen LogP contribution in [0.25, 0.3) is 0 Å². The Morgan fingerprint density at radius 3 is 2.76 bits per heavy atom. The minimum atomic E-state index is -0.203. The van der Waals surface area contributed by atoms with Crippen LogP contribution in [0.4, 0.5) is 10.3 Å². The van der Waals surface area contributed by atoms with E-state index in [9.17, 15) is 4.39 Å². The number of anilines is 1. The van der Waals surface area contributed by atoms with Gasteiger partial charge in [-0.15, -0.1) is 0 Å². The lowest BCUT2D eigenvalue weighted by Crippen LogP contribution is -2.03. The Bertz CT molecular complexity index is 537. The van der Waals surface area contributed by atoms with Crippen molar-refractivity contribution in [2.45, 2.75) is 12.8 Å². The van der Waals surface area contributed by atoms with E-state index in [2.05, 4.69) is 20.9 Å². The van der Waals surface area contributed by atoms with Crippen LogP contribution in [-0.4, -0.2) is 9.55 Å². The summed E-state index contributed by atoms with van der Waals surface area (Å²) < 4.78 is 15.6. The van der Waals surface area contributed by atoms with Crippen molar-refractivity contribution in [3.05, 3.63) is 45.9 Å². The van der Waals surface area contributed by atoms with E-state index >= 15 is 0 Å². The van der Waals surface area contributed by atoms with Gasteiger partial charge in [0.2, 0.25) is 5.95 Å². The number of hydrogen-bond donors (Lipinski definition) is 1. The number of aromatic nitrogens is 2. The largest absolute Gasteiger partial charge is 0.369 e. The highest BCUT2D eigenvalue weighted by atomic mass is 79.9. The highest BCUT2D eigenvalue weighted by molar-refractivity contribution is 9.10. The molecule has 1 aromatic heterocycles. The molecular formula is C12H13BrFN3. The van der Waals surface area contributed by atoms with Crippen molar-refractivity contribution in [3.8, 4) is 0 Å². The van der Waals surface area contributed by atoms with Gasteiger partial charge in [0, 0.05) is 7.05 Å². The second-order valence-corrected chi connectivity index (χ2v) is 4.65. The molecule has 0 fully saturated rings. The summed E-state index contributed by atoms with van der Waals surface area (Å²) in [6.07, 6.45) is 1.53. The summed E-state index contributed by atoms with van der Waals surface area (Å²) in [6.45, 7) is 0. The van der Waals surface area contributed by atoms with Crippen LogP contribution >= 0.6 is 15.9 Å². The summed E-state index contributed by atoms with van der Waals surface area (Å²) in [7, 11) is 1.87. The van der Waals surface area contributed by atoms with Gasteiger partial charge in [-0.1, -0.05) is 12.1 Å². The number of hydrogen-bond acceptors (Lipinski definition) is 2. The first-order valence-corrected chi connectivity index (χ1v) is 6.08. The Morgan fingerprint density at radius 2 is 2.18 bits per heavy atom. The quantitative estimate of drug-likeness (QED) is 0.947. The maximum Gasteiger partial charge on any atom is 0.201 e. The molecular weight excluding hydrogens is 285 g/mol. The molecule has 0 atom stereocenters. The van der Waals surface area contributed by atoms with E-state index in [0.717, 1.165) is 28.7 Å². The number of nitrogens with two attached hydrogens (primary N) is 1. The van der Waals surface area contributed by atoms with E-state index in [1.54, 1.807) is 12.1 Å². The summed E-state index contributed by atoms with van der Waals surface area (Å²) in [5, 5.41) is 0. The fourth-order valence-electron chi connectivity index (χ4n) is 1.74. The molecule has 0 aliphatic carbocycles. The first-order valence-electron chi connectivity index (χ1n) is 5.29. The highest BCUT2D eigenvalue weighted by Crippen LogP contribution is 2.20. The minimum absolute atomic E-state index is 0.203. The number of imidazole rings is 1. The number of rotatable bonds is 3. The molecule has 2 N–H and O–H groups in total. The molecule has 0 aliphatic heterocycles. The second-order valence-electron chi connectivity index (χ2n) is 3.90. The number of halogens is 2. The summed E-state index contributed by atoms with van der Waals surface area (Å²) in [6, 6.07) is 6.63. The monoisotopic (exact) mass is 297 g/mol. The lowest BCUT2D eigenvalue weighted by Gasteiger charge is -2.04. The molecule has 3 nitrogen and oxygen atoms in total. The van der Waals surface area contributed by atoms with Crippen molar-refractivity contribution in [2.24, 2.45) is 7.05 Å². The van der Waals surface area contributed by atoms with Crippen LogP contribution in [0.3, 0.4) is 0 Å². The van der Waals surface area contributed by atoms with Crippen LogP contribution in [0.15, 0.2) is 28.9 Å². The van der Waals surface area contributed by atoms with Gasteiger partial charge in [0.05, 0.1) is 5.69 Å². The fraction of sp³-hybridized carbons (Fsp3) is 0.250. The normalized spacial score (nSPS) is 10.8. The lowest BCUT2D eigenvalue weighted by atomic mass is 10.1. The average Bonchev–Trinajstić information content (AvgIpc) is 2.51. The van der Waals surface area contributed by atoms with Crippen molar-refractivity contribution < 1.29 is 4.39 Å². The van der Waals surface area contributed by atoms with Crippen LogP contribution in [0, 0.1) is 5.82 Å². The molecule has 2 aromatic rings. The predicted molar refractivity (Wildman–Crippen MR) is 69.1 cm³/mol. The Balaban J connectivity index is 2.12. The van der Waals surface area contributed by atoms with Crippen molar-refractivity contribution >= 4 is 21.9 Å². The summed E-state index contributed by atoms with van der Waals surface area (Å²) >= 11 is 3.37. The zero-order valence-electron chi connectivity index (χ0n) is 9.45. The minimum Gasteiger partial charge on any atom is -0.369 e. The number of nitrogens with zero attached hydrogens (tertiary/aromatic N) is 2. The van der Waals surface area contributed by atoms with Crippen molar-refractivity contribution in [2.75, 3.05) is 5.73 Å². The predicted octanol–water partition coefficient (Wildman–Crippen LogP) is 2.69.